The number of rotatable bonds is 10. The van der Waals surface area contributed by atoms with Crippen molar-refractivity contribution in [2.45, 2.75) is 38.4 Å². The zero-order valence-corrected chi connectivity index (χ0v) is 15.2. The Morgan fingerprint density at radius 3 is 1.54 bits per heavy atom. The molecule has 0 aromatic heterocycles. The average Bonchev–Trinajstić information content (AvgIpc) is 3.54. The quantitative estimate of drug-likeness (QED) is 0.499. The first kappa shape index (κ1) is 17.8. The van der Waals surface area contributed by atoms with E-state index in [4.69, 9.17) is 18.9 Å². The summed E-state index contributed by atoms with van der Waals surface area (Å²) in [6, 6.07) is -0.278. The molecule has 4 fully saturated rings. The molecule has 4 amide bonds. The molecule has 10 heteroatoms. The van der Waals surface area contributed by atoms with Crippen molar-refractivity contribution in [3.8, 4) is 0 Å². The van der Waals surface area contributed by atoms with E-state index in [0.29, 0.717) is 39.5 Å². The fourth-order valence-electron chi connectivity index (χ4n) is 3.56. The number of fused-ring (bicyclic) bond motifs is 1. The molecular formula is C16H26N4O6. The molecule has 4 rings (SSSR count). The standard InChI is InChI=1S/C16H26N4O6/c1-3-23-9-19-14-13(17(15(19)21)5-11-7-25-11)18(6-12-8-26-12)16(22)20(14)10-24-4-2/h11-14H,3-10H2,1-2H3. The van der Waals surface area contributed by atoms with Gasteiger partial charge in [0.2, 0.25) is 0 Å². The zero-order chi connectivity index (χ0) is 18.3. The lowest BCUT2D eigenvalue weighted by Crippen LogP contribution is -2.49. The normalized spacial score (nSPS) is 32.7. The Morgan fingerprint density at radius 2 is 1.19 bits per heavy atom. The zero-order valence-electron chi connectivity index (χ0n) is 15.2. The van der Waals surface area contributed by atoms with Gasteiger partial charge in [-0.25, -0.2) is 9.59 Å². The van der Waals surface area contributed by atoms with Gasteiger partial charge in [-0.2, -0.15) is 0 Å². The lowest BCUT2D eigenvalue weighted by molar-refractivity contribution is -0.0212. The summed E-state index contributed by atoms with van der Waals surface area (Å²) in [5.41, 5.74) is 0. The third-order valence-electron chi connectivity index (χ3n) is 5.00. The van der Waals surface area contributed by atoms with E-state index in [-0.39, 0.29) is 43.9 Å². The highest BCUT2D eigenvalue weighted by molar-refractivity contribution is 5.85. The summed E-state index contributed by atoms with van der Waals surface area (Å²) < 4.78 is 21.7. The fraction of sp³-hybridized carbons (Fsp3) is 0.875. The van der Waals surface area contributed by atoms with Crippen LogP contribution in [0.3, 0.4) is 0 Å². The second kappa shape index (κ2) is 7.18. The number of nitrogens with zero attached hydrogens (tertiary/aromatic N) is 4. The van der Waals surface area contributed by atoms with E-state index in [1.807, 2.05) is 13.8 Å². The summed E-state index contributed by atoms with van der Waals surface area (Å²) in [5.74, 6) is 0. The molecule has 4 saturated heterocycles. The minimum absolute atomic E-state index is 0.0433. The van der Waals surface area contributed by atoms with E-state index in [0.717, 1.165) is 0 Å². The van der Waals surface area contributed by atoms with Gasteiger partial charge in [-0.3, -0.25) is 19.6 Å². The van der Waals surface area contributed by atoms with Crippen molar-refractivity contribution in [3.05, 3.63) is 0 Å². The molecule has 4 aliphatic rings. The molecule has 4 aliphatic heterocycles. The topological polar surface area (TPSA) is 90.6 Å². The fourth-order valence-corrected chi connectivity index (χ4v) is 3.56. The van der Waals surface area contributed by atoms with Crippen LogP contribution in [0, 0.1) is 0 Å². The molecule has 2 unspecified atom stereocenters. The van der Waals surface area contributed by atoms with Gasteiger partial charge >= 0.3 is 12.1 Å². The third kappa shape index (κ3) is 3.22. The van der Waals surface area contributed by atoms with Crippen LogP contribution in [0.5, 0.6) is 0 Å². The van der Waals surface area contributed by atoms with Crippen LogP contribution in [0.2, 0.25) is 0 Å². The van der Waals surface area contributed by atoms with Crippen LogP contribution >= 0.6 is 0 Å². The molecule has 0 N–H and O–H groups in total. The molecule has 0 radical (unpaired) electrons. The molecule has 146 valence electrons. The number of urea groups is 2. The van der Waals surface area contributed by atoms with Crippen LogP contribution in [-0.4, -0.2) is 109 Å². The molecule has 2 atom stereocenters. The van der Waals surface area contributed by atoms with Gasteiger partial charge in [0.15, 0.2) is 6.17 Å². The summed E-state index contributed by atoms with van der Waals surface area (Å²) in [6.07, 6.45) is -0.738. The van der Waals surface area contributed by atoms with E-state index < -0.39 is 6.17 Å². The number of hydrogen-bond acceptors (Lipinski definition) is 6. The first-order valence-electron chi connectivity index (χ1n) is 9.18. The van der Waals surface area contributed by atoms with Crippen molar-refractivity contribution in [3.63, 3.8) is 0 Å². The maximum absolute atomic E-state index is 13.0. The number of epoxide rings is 2. The number of hydrogen-bond donors (Lipinski definition) is 0. The summed E-state index contributed by atoms with van der Waals surface area (Å²) >= 11 is 0. The Bertz CT molecular complexity index is 509. The van der Waals surface area contributed by atoms with Gasteiger partial charge in [0.05, 0.1) is 38.5 Å². The van der Waals surface area contributed by atoms with E-state index in [2.05, 4.69) is 0 Å². The predicted octanol–water partition coefficient (Wildman–Crippen LogP) is -0.101. The average molecular weight is 370 g/mol. The summed E-state index contributed by atoms with van der Waals surface area (Å²) in [5, 5.41) is 0. The van der Waals surface area contributed by atoms with Crippen molar-refractivity contribution >= 4 is 12.1 Å². The summed E-state index contributed by atoms with van der Waals surface area (Å²) in [7, 11) is 0. The van der Waals surface area contributed by atoms with Crippen LogP contribution in [0.25, 0.3) is 0 Å². The van der Waals surface area contributed by atoms with Crippen molar-refractivity contribution in [1.29, 1.82) is 0 Å². The van der Waals surface area contributed by atoms with Gasteiger partial charge in [0, 0.05) is 13.2 Å². The molecule has 0 spiro atoms. The number of amides is 4. The Hall–Kier alpha value is -1.62. The van der Waals surface area contributed by atoms with Crippen LogP contribution in [0.15, 0.2) is 0 Å². The third-order valence-corrected chi connectivity index (χ3v) is 5.00. The molecule has 0 aromatic rings. The van der Waals surface area contributed by atoms with Crippen LogP contribution in [0.4, 0.5) is 9.59 Å². The van der Waals surface area contributed by atoms with Gasteiger partial charge in [-0.15, -0.1) is 0 Å². The van der Waals surface area contributed by atoms with Gasteiger partial charge in [-0.1, -0.05) is 0 Å². The molecule has 0 bridgehead atoms. The highest BCUT2D eigenvalue weighted by atomic mass is 16.6. The second-order valence-electron chi connectivity index (χ2n) is 6.79. The molecular weight excluding hydrogens is 344 g/mol. The van der Waals surface area contributed by atoms with Gasteiger partial charge in [0.25, 0.3) is 0 Å². The van der Waals surface area contributed by atoms with Gasteiger partial charge < -0.3 is 18.9 Å². The predicted molar refractivity (Wildman–Crippen MR) is 87.9 cm³/mol. The van der Waals surface area contributed by atoms with Crippen molar-refractivity contribution in [2.75, 3.05) is 53.0 Å². The number of carbonyl (C=O) groups excluding carboxylic acids is 2. The molecule has 4 heterocycles. The smallest absolute Gasteiger partial charge is 0.325 e. The minimum atomic E-state index is -0.439. The highest BCUT2D eigenvalue weighted by Crippen LogP contribution is 2.36. The van der Waals surface area contributed by atoms with E-state index in [1.54, 1.807) is 19.6 Å². The van der Waals surface area contributed by atoms with Crippen LogP contribution < -0.4 is 0 Å². The largest absolute Gasteiger partial charge is 0.371 e. The Labute approximate surface area is 152 Å². The van der Waals surface area contributed by atoms with Gasteiger partial charge in [-0.05, 0) is 13.8 Å². The second-order valence-corrected chi connectivity index (χ2v) is 6.79. The molecule has 0 saturated carbocycles. The SMILES string of the molecule is CCOCN1C(=O)N(CC2CO2)C2C1N(COCC)C(=O)N2CC1CO1. The number of ether oxygens (including phenoxy) is 4. The van der Waals surface area contributed by atoms with E-state index >= 15 is 0 Å². The first-order chi connectivity index (χ1) is 12.7. The van der Waals surface area contributed by atoms with E-state index in [1.165, 1.54) is 0 Å². The maximum Gasteiger partial charge on any atom is 0.325 e. The molecule has 10 nitrogen and oxygen atoms in total. The Balaban J connectivity index is 1.61. The lowest BCUT2D eigenvalue weighted by Gasteiger charge is -2.29. The summed E-state index contributed by atoms with van der Waals surface area (Å²) in [6.45, 7) is 7.26. The van der Waals surface area contributed by atoms with Crippen molar-refractivity contribution in [2.24, 2.45) is 0 Å². The number of carbonyl (C=O) groups is 2. The van der Waals surface area contributed by atoms with Crippen LogP contribution in [0.1, 0.15) is 13.8 Å². The molecule has 0 aliphatic carbocycles. The first-order valence-corrected chi connectivity index (χ1v) is 9.18. The maximum atomic E-state index is 13.0. The Kier molecular flexibility index (Phi) is 4.91. The monoisotopic (exact) mass is 370 g/mol. The van der Waals surface area contributed by atoms with E-state index in [9.17, 15) is 9.59 Å². The van der Waals surface area contributed by atoms with Crippen molar-refractivity contribution in [1.82, 2.24) is 19.6 Å². The molecule has 0 aromatic carbocycles. The molecule has 26 heavy (non-hydrogen) atoms. The highest BCUT2D eigenvalue weighted by Gasteiger charge is 2.60. The summed E-state index contributed by atoms with van der Waals surface area (Å²) in [4.78, 5) is 32.8. The van der Waals surface area contributed by atoms with Crippen LogP contribution in [-0.2, 0) is 18.9 Å². The lowest BCUT2D eigenvalue weighted by atomic mass is 10.3. The van der Waals surface area contributed by atoms with Crippen molar-refractivity contribution < 1.29 is 28.5 Å². The van der Waals surface area contributed by atoms with Gasteiger partial charge in [0.1, 0.15) is 19.6 Å². The Morgan fingerprint density at radius 1 is 0.808 bits per heavy atom. The minimum Gasteiger partial charge on any atom is -0.371 e.